The number of hydrogen-bond acceptors (Lipinski definition) is 7. The zero-order chi connectivity index (χ0) is 24.5. The van der Waals surface area contributed by atoms with Crippen molar-refractivity contribution in [3.05, 3.63) is 40.7 Å². The molecule has 2 aromatic rings. The topological polar surface area (TPSA) is 110 Å². The molecule has 1 aromatic heterocycles. The second-order valence-electron chi connectivity index (χ2n) is 7.49. The largest absolute Gasteiger partial charge is 0.493 e. The molecule has 1 amide bonds. The van der Waals surface area contributed by atoms with E-state index in [2.05, 4.69) is 29.0 Å². The molecule has 0 unspecified atom stereocenters. The lowest BCUT2D eigenvalue weighted by molar-refractivity contribution is -0.115. The van der Waals surface area contributed by atoms with Gasteiger partial charge >= 0.3 is 5.97 Å². The Labute approximate surface area is 194 Å². The van der Waals surface area contributed by atoms with Crippen LogP contribution in [0.3, 0.4) is 0 Å². The van der Waals surface area contributed by atoms with Crippen LogP contribution >= 0.6 is 0 Å². The van der Waals surface area contributed by atoms with Gasteiger partial charge in [0.15, 0.2) is 17.3 Å². The van der Waals surface area contributed by atoms with E-state index < -0.39 is 5.97 Å². The average Bonchev–Trinajstić information content (AvgIpc) is 3.12. The highest BCUT2D eigenvalue weighted by atomic mass is 16.5. The number of ketones is 1. The van der Waals surface area contributed by atoms with Gasteiger partial charge < -0.3 is 29.4 Å². The third-order valence-electron chi connectivity index (χ3n) is 5.41. The van der Waals surface area contributed by atoms with Crippen molar-refractivity contribution in [3.63, 3.8) is 0 Å². The molecule has 2 rings (SSSR count). The van der Waals surface area contributed by atoms with Crippen molar-refractivity contribution in [2.75, 3.05) is 45.8 Å². The molecule has 0 saturated heterocycles. The van der Waals surface area contributed by atoms with Crippen LogP contribution in [0.25, 0.3) is 0 Å². The number of hydrogen-bond donors (Lipinski definition) is 2. The normalized spacial score (nSPS) is 10.8. The number of anilines is 1. The van der Waals surface area contributed by atoms with E-state index in [1.54, 1.807) is 32.2 Å². The van der Waals surface area contributed by atoms with Crippen LogP contribution in [-0.2, 0) is 16.0 Å². The summed E-state index contributed by atoms with van der Waals surface area (Å²) in [5.74, 6) is -0.118. The first-order chi connectivity index (χ1) is 15.7. The van der Waals surface area contributed by atoms with Gasteiger partial charge in [-0.15, -0.1) is 0 Å². The molecule has 0 fully saturated rings. The summed E-state index contributed by atoms with van der Waals surface area (Å²) in [7, 11) is 2.81. The summed E-state index contributed by atoms with van der Waals surface area (Å²) < 4.78 is 16.1. The maximum Gasteiger partial charge on any atom is 0.339 e. The quantitative estimate of drug-likeness (QED) is 0.370. The molecule has 0 saturated carbocycles. The predicted molar refractivity (Wildman–Crippen MR) is 125 cm³/mol. The minimum atomic E-state index is -0.604. The molecule has 0 atom stereocenters. The zero-order valence-corrected chi connectivity index (χ0v) is 20.2. The number of aromatic nitrogens is 1. The fraction of sp³-hybridized carbons (Fsp3) is 0.458. The Balaban J connectivity index is 2.16. The molecule has 9 nitrogen and oxygen atoms in total. The molecule has 0 radical (unpaired) electrons. The number of carbonyl (C=O) groups is 3. The van der Waals surface area contributed by atoms with Gasteiger partial charge in [0.25, 0.3) is 0 Å². The molecule has 0 bridgehead atoms. The molecule has 180 valence electrons. The Bertz CT molecular complexity index is 994. The highest BCUT2D eigenvalue weighted by Crippen LogP contribution is 2.30. The van der Waals surface area contributed by atoms with Gasteiger partial charge in [0.1, 0.15) is 6.61 Å². The van der Waals surface area contributed by atoms with Gasteiger partial charge in [-0.3, -0.25) is 9.59 Å². The van der Waals surface area contributed by atoms with Crippen molar-refractivity contribution in [1.29, 1.82) is 0 Å². The van der Waals surface area contributed by atoms with Gasteiger partial charge in [-0.25, -0.2) is 4.79 Å². The fourth-order valence-corrected chi connectivity index (χ4v) is 3.58. The van der Waals surface area contributed by atoms with Crippen LogP contribution in [0.2, 0.25) is 0 Å². The maximum atomic E-state index is 12.7. The van der Waals surface area contributed by atoms with E-state index in [-0.39, 0.29) is 29.4 Å². The van der Waals surface area contributed by atoms with Crippen molar-refractivity contribution >= 4 is 23.3 Å². The van der Waals surface area contributed by atoms with Gasteiger partial charge in [0.05, 0.1) is 31.9 Å². The molecule has 0 aliphatic carbocycles. The SMILES string of the molecule is CCN(CC)CCOc1cc(NC(=O)Cc2[nH]c(C(C)=O)c(C)c2C(=O)OC)ccc1OC. The van der Waals surface area contributed by atoms with Crippen LogP contribution in [-0.4, -0.2) is 68.0 Å². The first-order valence-electron chi connectivity index (χ1n) is 10.9. The Kier molecular flexibility index (Phi) is 9.47. The number of aromatic amines is 1. The van der Waals surface area contributed by atoms with Gasteiger partial charge in [0, 0.05) is 30.9 Å². The standard InChI is InChI=1S/C24H33N3O6/c1-7-27(8-2)11-12-33-20-13-17(9-10-19(20)31-5)25-21(29)14-18-22(24(30)32-6)15(3)23(26-18)16(4)28/h9-10,13,26H,7-8,11-12,14H2,1-6H3,(H,25,29). The number of carbonyl (C=O) groups excluding carboxylic acids is 3. The van der Waals surface area contributed by atoms with E-state index in [4.69, 9.17) is 14.2 Å². The number of esters is 1. The van der Waals surface area contributed by atoms with Crippen LogP contribution in [0.1, 0.15) is 52.9 Å². The van der Waals surface area contributed by atoms with Gasteiger partial charge in [-0.1, -0.05) is 13.8 Å². The van der Waals surface area contributed by atoms with Gasteiger partial charge in [-0.2, -0.15) is 0 Å². The predicted octanol–water partition coefficient (Wildman–Crippen LogP) is 3.22. The minimum Gasteiger partial charge on any atom is -0.493 e. The van der Waals surface area contributed by atoms with Crippen LogP contribution in [0, 0.1) is 6.92 Å². The van der Waals surface area contributed by atoms with E-state index in [1.165, 1.54) is 14.0 Å². The lowest BCUT2D eigenvalue weighted by atomic mass is 10.1. The number of ether oxygens (including phenoxy) is 3. The van der Waals surface area contributed by atoms with E-state index in [9.17, 15) is 14.4 Å². The van der Waals surface area contributed by atoms with Crippen molar-refractivity contribution in [2.45, 2.75) is 34.1 Å². The van der Waals surface area contributed by atoms with Crippen LogP contribution in [0.4, 0.5) is 5.69 Å². The smallest absolute Gasteiger partial charge is 0.339 e. The second-order valence-corrected chi connectivity index (χ2v) is 7.49. The first-order valence-corrected chi connectivity index (χ1v) is 10.9. The highest BCUT2D eigenvalue weighted by molar-refractivity contribution is 6.02. The number of H-pyrrole nitrogens is 1. The third-order valence-corrected chi connectivity index (χ3v) is 5.41. The molecular formula is C24H33N3O6. The first kappa shape index (κ1) is 25.9. The van der Waals surface area contributed by atoms with E-state index in [1.807, 2.05) is 0 Å². The Morgan fingerprint density at radius 1 is 1.09 bits per heavy atom. The summed E-state index contributed by atoms with van der Waals surface area (Å²) in [4.78, 5) is 42.0. The molecule has 2 N–H and O–H groups in total. The number of Topliss-reactive ketones (excluding diaryl/α,β-unsaturated/α-hetero) is 1. The number of benzene rings is 1. The Morgan fingerprint density at radius 2 is 1.79 bits per heavy atom. The Morgan fingerprint density at radius 3 is 2.36 bits per heavy atom. The van der Waals surface area contributed by atoms with Crippen LogP contribution in [0.5, 0.6) is 11.5 Å². The van der Waals surface area contributed by atoms with E-state index in [0.717, 1.165) is 19.6 Å². The van der Waals surface area contributed by atoms with Crippen molar-refractivity contribution < 1.29 is 28.6 Å². The van der Waals surface area contributed by atoms with Crippen molar-refractivity contribution in [2.24, 2.45) is 0 Å². The monoisotopic (exact) mass is 459 g/mol. The lowest BCUT2D eigenvalue weighted by Crippen LogP contribution is -2.28. The molecule has 0 aliphatic rings. The number of amides is 1. The number of methoxy groups -OCH3 is 2. The summed E-state index contributed by atoms with van der Waals surface area (Å²) in [6.07, 6.45) is -0.136. The minimum absolute atomic E-state index is 0.136. The molecule has 0 spiro atoms. The maximum absolute atomic E-state index is 12.7. The number of nitrogens with one attached hydrogen (secondary N) is 2. The van der Waals surface area contributed by atoms with E-state index >= 15 is 0 Å². The van der Waals surface area contributed by atoms with Crippen LogP contribution in [0.15, 0.2) is 18.2 Å². The van der Waals surface area contributed by atoms with Crippen molar-refractivity contribution in [3.8, 4) is 11.5 Å². The van der Waals surface area contributed by atoms with Crippen molar-refractivity contribution in [1.82, 2.24) is 9.88 Å². The Hall–Kier alpha value is -3.33. The van der Waals surface area contributed by atoms with E-state index in [0.29, 0.717) is 35.1 Å². The zero-order valence-electron chi connectivity index (χ0n) is 20.2. The summed E-state index contributed by atoms with van der Waals surface area (Å²) >= 11 is 0. The highest BCUT2D eigenvalue weighted by Gasteiger charge is 2.24. The number of likely N-dealkylation sites (N-methyl/N-ethyl adjacent to an activating group) is 1. The summed E-state index contributed by atoms with van der Waals surface area (Å²) in [6, 6.07) is 5.12. The number of rotatable bonds is 12. The van der Waals surface area contributed by atoms with Crippen LogP contribution < -0.4 is 14.8 Å². The lowest BCUT2D eigenvalue weighted by Gasteiger charge is -2.19. The average molecular weight is 460 g/mol. The van der Waals surface area contributed by atoms with Gasteiger partial charge in [0.2, 0.25) is 5.91 Å². The molecule has 9 heteroatoms. The van der Waals surface area contributed by atoms with Gasteiger partial charge in [-0.05, 0) is 37.7 Å². The summed E-state index contributed by atoms with van der Waals surface area (Å²) in [5, 5.41) is 2.80. The molecular weight excluding hydrogens is 426 g/mol. The molecule has 1 aromatic carbocycles. The number of nitrogens with zero attached hydrogens (tertiary/aromatic N) is 1. The molecule has 33 heavy (non-hydrogen) atoms. The third kappa shape index (κ3) is 6.58. The fourth-order valence-electron chi connectivity index (χ4n) is 3.58. The molecule has 0 aliphatic heterocycles. The molecule has 1 heterocycles. The second kappa shape index (κ2) is 12.1. The summed E-state index contributed by atoms with van der Waals surface area (Å²) in [5.41, 5.74) is 1.80. The summed E-state index contributed by atoms with van der Waals surface area (Å²) in [6.45, 7) is 10.3.